The summed E-state index contributed by atoms with van der Waals surface area (Å²) in [6.07, 6.45) is 0. The molecule has 0 saturated carbocycles. The lowest BCUT2D eigenvalue weighted by Crippen LogP contribution is -2.35. The Balaban J connectivity index is 2.57. The zero-order valence-corrected chi connectivity index (χ0v) is 9.07. The molecule has 0 unspecified atom stereocenters. The molecule has 0 aliphatic carbocycles. The lowest BCUT2D eigenvalue weighted by Gasteiger charge is -2.20. The van der Waals surface area contributed by atoms with E-state index >= 15 is 0 Å². The van der Waals surface area contributed by atoms with Gasteiger partial charge in [0.2, 0.25) is 0 Å². The van der Waals surface area contributed by atoms with Crippen molar-refractivity contribution in [1.29, 1.82) is 0 Å². The Labute approximate surface area is 84.1 Å². The number of rotatable bonds is 2. The molecular formula is C10H16N2O2. The first-order chi connectivity index (χ1) is 6.50. The van der Waals surface area contributed by atoms with Crippen LogP contribution in [-0.2, 0) is 6.54 Å². The Morgan fingerprint density at radius 1 is 1.36 bits per heavy atom. The minimum atomic E-state index is -0.0287. The third-order valence-corrected chi connectivity index (χ3v) is 1.90. The molecule has 0 atom stereocenters. The molecule has 0 bridgehead atoms. The maximum absolute atomic E-state index is 11.5. The molecule has 1 aromatic heterocycles. The number of hydrogen-bond acceptors (Lipinski definition) is 2. The van der Waals surface area contributed by atoms with E-state index in [1.54, 1.807) is 26.0 Å². The van der Waals surface area contributed by atoms with E-state index in [4.69, 9.17) is 4.42 Å². The smallest absolute Gasteiger partial charge is 0.319 e. The second kappa shape index (κ2) is 4.17. The Morgan fingerprint density at radius 2 is 2.00 bits per heavy atom. The molecule has 0 fully saturated rings. The molecule has 1 rings (SSSR count). The standard InChI is InChI=1S/C10H16N2O2/c1-8-5-6-9(14-8)7-12(4)10(13)11(2)3/h5-6H,7H2,1-4H3. The van der Waals surface area contributed by atoms with Crippen molar-refractivity contribution in [2.45, 2.75) is 13.5 Å². The fourth-order valence-corrected chi connectivity index (χ4v) is 1.21. The molecule has 2 amide bonds. The molecule has 0 spiro atoms. The van der Waals surface area contributed by atoms with Gasteiger partial charge >= 0.3 is 6.03 Å². The summed E-state index contributed by atoms with van der Waals surface area (Å²) in [4.78, 5) is 14.6. The monoisotopic (exact) mass is 196 g/mol. The molecule has 0 saturated heterocycles. The van der Waals surface area contributed by atoms with Gasteiger partial charge in [0.05, 0.1) is 6.54 Å². The molecule has 0 aliphatic heterocycles. The molecule has 0 aromatic carbocycles. The number of aryl methyl sites for hydroxylation is 1. The summed E-state index contributed by atoms with van der Waals surface area (Å²) >= 11 is 0. The van der Waals surface area contributed by atoms with Gasteiger partial charge in [0.1, 0.15) is 11.5 Å². The van der Waals surface area contributed by atoms with E-state index in [0.29, 0.717) is 6.54 Å². The zero-order valence-electron chi connectivity index (χ0n) is 9.07. The second-order valence-corrected chi connectivity index (χ2v) is 3.55. The number of urea groups is 1. The lowest BCUT2D eigenvalue weighted by molar-refractivity contribution is 0.176. The summed E-state index contributed by atoms with van der Waals surface area (Å²) in [6, 6.07) is 3.75. The van der Waals surface area contributed by atoms with Crippen LogP contribution in [-0.4, -0.2) is 37.0 Å². The number of carbonyl (C=O) groups excluding carboxylic acids is 1. The van der Waals surface area contributed by atoms with E-state index in [0.717, 1.165) is 11.5 Å². The number of nitrogens with zero attached hydrogens (tertiary/aromatic N) is 2. The predicted molar refractivity (Wildman–Crippen MR) is 54.0 cm³/mol. The fraction of sp³-hybridized carbons (Fsp3) is 0.500. The molecule has 0 N–H and O–H groups in total. The zero-order chi connectivity index (χ0) is 10.7. The average Bonchev–Trinajstić information content (AvgIpc) is 2.49. The van der Waals surface area contributed by atoms with Gasteiger partial charge in [0.15, 0.2) is 0 Å². The van der Waals surface area contributed by atoms with Gasteiger partial charge in [-0.2, -0.15) is 0 Å². The first-order valence-electron chi connectivity index (χ1n) is 4.48. The first-order valence-corrected chi connectivity index (χ1v) is 4.48. The Morgan fingerprint density at radius 3 is 2.43 bits per heavy atom. The van der Waals surface area contributed by atoms with Gasteiger partial charge in [-0.15, -0.1) is 0 Å². The van der Waals surface area contributed by atoms with Gasteiger partial charge in [-0.3, -0.25) is 0 Å². The summed E-state index contributed by atoms with van der Waals surface area (Å²) in [7, 11) is 5.21. The van der Waals surface area contributed by atoms with Crippen molar-refractivity contribution in [3.05, 3.63) is 23.7 Å². The number of amides is 2. The largest absolute Gasteiger partial charge is 0.464 e. The van der Waals surface area contributed by atoms with Crippen LogP contribution in [0, 0.1) is 6.92 Å². The molecule has 1 aromatic rings. The highest BCUT2D eigenvalue weighted by atomic mass is 16.3. The Kier molecular flexibility index (Phi) is 3.17. The quantitative estimate of drug-likeness (QED) is 0.722. The van der Waals surface area contributed by atoms with Crippen LogP contribution >= 0.6 is 0 Å². The number of carbonyl (C=O) groups is 1. The average molecular weight is 196 g/mol. The molecule has 0 aliphatic rings. The molecular weight excluding hydrogens is 180 g/mol. The van der Waals surface area contributed by atoms with Crippen molar-refractivity contribution in [3.8, 4) is 0 Å². The normalized spacial score (nSPS) is 10.0. The minimum Gasteiger partial charge on any atom is -0.464 e. The Bertz CT molecular complexity index is 318. The van der Waals surface area contributed by atoms with Gasteiger partial charge in [0.25, 0.3) is 0 Å². The van der Waals surface area contributed by atoms with Crippen LogP contribution in [0.25, 0.3) is 0 Å². The minimum absolute atomic E-state index is 0.0287. The fourth-order valence-electron chi connectivity index (χ4n) is 1.21. The third kappa shape index (κ3) is 2.52. The van der Waals surface area contributed by atoms with Crippen molar-refractivity contribution >= 4 is 6.03 Å². The predicted octanol–water partition coefficient (Wildman–Crippen LogP) is 1.70. The molecule has 78 valence electrons. The van der Waals surface area contributed by atoms with Crippen LogP contribution in [0.5, 0.6) is 0 Å². The molecule has 14 heavy (non-hydrogen) atoms. The van der Waals surface area contributed by atoms with E-state index in [9.17, 15) is 4.79 Å². The van der Waals surface area contributed by atoms with Crippen LogP contribution in [0.3, 0.4) is 0 Å². The van der Waals surface area contributed by atoms with Gasteiger partial charge in [0, 0.05) is 21.1 Å². The van der Waals surface area contributed by atoms with E-state index < -0.39 is 0 Å². The van der Waals surface area contributed by atoms with Crippen molar-refractivity contribution in [3.63, 3.8) is 0 Å². The maximum atomic E-state index is 11.5. The van der Waals surface area contributed by atoms with Crippen LogP contribution in [0.2, 0.25) is 0 Å². The van der Waals surface area contributed by atoms with Gasteiger partial charge in [-0.25, -0.2) is 4.79 Å². The van der Waals surface area contributed by atoms with Crippen molar-refractivity contribution in [2.75, 3.05) is 21.1 Å². The molecule has 1 heterocycles. The van der Waals surface area contributed by atoms with Crippen LogP contribution < -0.4 is 0 Å². The third-order valence-electron chi connectivity index (χ3n) is 1.90. The molecule has 4 heteroatoms. The van der Waals surface area contributed by atoms with E-state index in [1.807, 2.05) is 19.1 Å². The topological polar surface area (TPSA) is 36.7 Å². The van der Waals surface area contributed by atoms with Gasteiger partial charge in [-0.05, 0) is 19.1 Å². The van der Waals surface area contributed by atoms with Gasteiger partial charge in [-0.1, -0.05) is 0 Å². The summed E-state index contributed by atoms with van der Waals surface area (Å²) in [6.45, 7) is 2.39. The molecule has 4 nitrogen and oxygen atoms in total. The van der Waals surface area contributed by atoms with E-state index in [1.165, 1.54) is 4.90 Å². The maximum Gasteiger partial charge on any atom is 0.319 e. The van der Waals surface area contributed by atoms with E-state index in [2.05, 4.69) is 0 Å². The Hall–Kier alpha value is -1.45. The summed E-state index contributed by atoms with van der Waals surface area (Å²) in [5.41, 5.74) is 0. The van der Waals surface area contributed by atoms with Crippen molar-refractivity contribution < 1.29 is 9.21 Å². The highest BCUT2D eigenvalue weighted by Crippen LogP contribution is 2.09. The van der Waals surface area contributed by atoms with Crippen LogP contribution in [0.15, 0.2) is 16.5 Å². The SMILES string of the molecule is Cc1ccc(CN(C)C(=O)N(C)C)o1. The first kappa shape index (κ1) is 10.6. The lowest BCUT2D eigenvalue weighted by atomic mass is 10.4. The highest BCUT2D eigenvalue weighted by molar-refractivity contribution is 5.73. The van der Waals surface area contributed by atoms with Crippen molar-refractivity contribution in [2.24, 2.45) is 0 Å². The van der Waals surface area contributed by atoms with Crippen LogP contribution in [0.1, 0.15) is 11.5 Å². The summed E-state index contributed by atoms with van der Waals surface area (Å²) in [5, 5.41) is 0. The van der Waals surface area contributed by atoms with Gasteiger partial charge < -0.3 is 14.2 Å². The molecule has 0 radical (unpaired) electrons. The number of hydrogen-bond donors (Lipinski definition) is 0. The number of furan rings is 1. The van der Waals surface area contributed by atoms with Crippen LogP contribution in [0.4, 0.5) is 4.79 Å². The van der Waals surface area contributed by atoms with Crippen molar-refractivity contribution in [1.82, 2.24) is 9.80 Å². The summed E-state index contributed by atoms with van der Waals surface area (Å²) in [5.74, 6) is 1.67. The summed E-state index contributed by atoms with van der Waals surface area (Å²) < 4.78 is 5.37. The highest BCUT2D eigenvalue weighted by Gasteiger charge is 2.12. The second-order valence-electron chi connectivity index (χ2n) is 3.55. The van der Waals surface area contributed by atoms with E-state index in [-0.39, 0.29) is 6.03 Å².